The number of rotatable bonds is 5. The molecule has 1 aromatic carbocycles. The summed E-state index contributed by atoms with van der Waals surface area (Å²) in [6.07, 6.45) is 1.60. The van der Waals surface area contributed by atoms with E-state index < -0.39 is 29.1 Å². The van der Waals surface area contributed by atoms with Crippen LogP contribution in [0.2, 0.25) is 0 Å². The lowest BCUT2D eigenvalue weighted by Gasteiger charge is -2.41. The van der Waals surface area contributed by atoms with Gasteiger partial charge in [-0.25, -0.2) is 13.6 Å². The maximum Gasteiger partial charge on any atom is 0.322 e. The van der Waals surface area contributed by atoms with Crippen molar-refractivity contribution in [1.82, 2.24) is 20.5 Å². The van der Waals surface area contributed by atoms with Crippen LogP contribution in [0.4, 0.5) is 19.3 Å². The monoisotopic (exact) mass is 443 g/mol. The predicted molar refractivity (Wildman–Crippen MR) is 112 cm³/mol. The molecule has 1 aromatic heterocycles. The summed E-state index contributed by atoms with van der Waals surface area (Å²) in [5.74, 6) is -2.02. The number of aromatic nitrogens is 1. The number of pyridine rings is 1. The number of nitrogens with one attached hydrogen (secondary N) is 2. The number of halogens is 2. The molecule has 0 aliphatic carbocycles. The lowest BCUT2D eigenvalue weighted by atomic mass is 9.88. The third kappa shape index (κ3) is 4.12. The summed E-state index contributed by atoms with van der Waals surface area (Å²) in [4.78, 5) is 45.1. The van der Waals surface area contributed by atoms with Crippen molar-refractivity contribution in [2.24, 2.45) is 0 Å². The van der Waals surface area contributed by atoms with E-state index in [-0.39, 0.29) is 24.8 Å². The molecule has 2 saturated heterocycles. The van der Waals surface area contributed by atoms with Crippen molar-refractivity contribution in [3.63, 3.8) is 0 Å². The Bertz CT molecular complexity index is 1030. The standard InChI is InChI=1S/C22H23F2N5O3/c1-14-13-28(8-9-29(14)17-11-15(23)10-16(24)12-17)19(30)5-6-22(18-4-2-3-7-25-18)20(31)26-21(32)27-22/h2-4,7,10-12,14H,5-6,8-9,13H2,1H3,(H2,26,27,31,32)/t14-,22?/m0/s1. The smallest absolute Gasteiger partial charge is 0.322 e. The van der Waals surface area contributed by atoms with Gasteiger partial charge in [0.05, 0.1) is 5.69 Å². The first-order valence-electron chi connectivity index (χ1n) is 10.3. The number of hydrogen-bond acceptors (Lipinski definition) is 5. The molecule has 0 spiro atoms. The number of hydrogen-bond donors (Lipinski definition) is 2. The van der Waals surface area contributed by atoms with E-state index in [4.69, 9.17) is 0 Å². The lowest BCUT2D eigenvalue weighted by Crippen LogP contribution is -2.54. The van der Waals surface area contributed by atoms with Gasteiger partial charge in [0.25, 0.3) is 5.91 Å². The number of piperazine rings is 1. The van der Waals surface area contributed by atoms with E-state index in [1.165, 1.54) is 18.3 Å². The number of anilines is 1. The Kier molecular flexibility index (Phi) is 5.77. The van der Waals surface area contributed by atoms with E-state index in [0.717, 1.165) is 6.07 Å². The van der Waals surface area contributed by atoms with Gasteiger partial charge in [0.1, 0.15) is 11.6 Å². The Morgan fingerprint density at radius 3 is 2.53 bits per heavy atom. The molecule has 1 unspecified atom stereocenters. The molecule has 10 heteroatoms. The molecule has 0 radical (unpaired) electrons. The summed E-state index contributed by atoms with van der Waals surface area (Å²) in [7, 11) is 0. The van der Waals surface area contributed by atoms with Crippen molar-refractivity contribution in [1.29, 1.82) is 0 Å². The lowest BCUT2D eigenvalue weighted by molar-refractivity contribution is -0.133. The molecule has 2 aliphatic heterocycles. The average molecular weight is 443 g/mol. The van der Waals surface area contributed by atoms with E-state index >= 15 is 0 Å². The summed E-state index contributed by atoms with van der Waals surface area (Å²) in [5, 5.41) is 4.86. The maximum absolute atomic E-state index is 13.6. The maximum atomic E-state index is 13.6. The van der Waals surface area contributed by atoms with Gasteiger partial charge in [-0.05, 0) is 37.6 Å². The molecule has 2 atom stereocenters. The van der Waals surface area contributed by atoms with Gasteiger partial charge >= 0.3 is 6.03 Å². The quantitative estimate of drug-likeness (QED) is 0.689. The number of imide groups is 1. The highest BCUT2D eigenvalue weighted by molar-refractivity contribution is 6.07. The van der Waals surface area contributed by atoms with E-state index in [0.29, 0.717) is 31.0 Å². The third-order valence-electron chi connectivity index (χ3n) is 5.92. The van der Waals surface area contributed by atoms with Gasteiger partial charge in [0.15, 0.2) is 5.54 Å². The van der Waals surface area contributed by atoms with E-state index in [1.807, 2.05) is 11.8 Å². The first kappa shape index (κ1) is 21.7. The third-order valence-corrected chi connectivity index (χ3v) is 5.92. The molecule has 2 aliphatic rings. The van der Waals surface area contributed by atoms with Crippen LogP contribution in [-0.4, -0.2) is 53.4 Å². The molecule has 8 nitrogen and oxygen atoms in total. The molecule has 3 heterocycles. The van der Waals surface area contributed by atoms with Crippen LogP contribution in [-0.2, 0) is 15.1 Å². The van der Waals surface area contributed by atoms with E-state index in [9.17, 15) is 23.2 Å². The van der Waals surface area contributed by atoms with Crippen molar-refractivity contribution in [2.45, 2.75) is 31.3 Å². The molecule has 168 valence electrons. The van der Waals surface area contributed by atoms with Crippen molar-refractivity contribution in [3.05, 3.63) is 59.9 Å². The van der Waals surface area contributed by atoms with Gasteiger partial charge in [-0.1, -0.05) is 6.07 Å². The van der Waals surface area contributed by atoms with Crippen molar-refractivity contribution in [2.75, 3.05) is 24.5 Å². The van der Waals surface area contributed by atoms with Gasteiger partial charge < -0.3 is 15.1 Å². The second-order valence-corrected chi connectivity index (χ2v) is 8.04. The minimum absolute atomic E-state index is 0.0194. The fourth-order valence-electron chi connectivity index (χ4n) is 4.32. The number of urea groups is 1. The zero-order chi connectivity index (χ0) is 22.9. The zero-order valence-corrected chi connectivity index (χ0v) is 17.5. The van der Waals surface area contributed by atoms with Crippen LogP contribution in [0.25, 0.3) is 0 Å². The summed E-state index contributed by atoms with van der Waals surface area (Å²) >= 11 is 0. The van der Waals surface area contributed by atoms with Crippen LogP contribution in [0.3, 0.4) is 0 Å². The van der Waals surface area contributed by atoms with Gasteiger partial charge in [0.2, 0.25) is 5.91 Å². The molecule has 4 amide bonds. The molecular formula is C22H23F2N5O3. The van der Waals surface area contributed by atoms with Crippen LogP contribution in [0, 0.1) is 11.6 Å². The van der Waals surface area contributed by atoms with Crippen molar-refractivity contribution < 1.29 is 23.2 Å². The minimum Gasteiger partial charge on any atom is -0.365 e. The largest absolute Gasteiger partial charge is 0.365 e. The van der Waals surface area contributed by atoms with Crippen LogP contribution < -0.4 is 15.5 Å². The highest BCUT2D eigenvalue weighted by atomic mass is 19.1. The second kappa shape index (κ2) is 8.52. The van der Waals surface area contributed by atoms with E-state index in [2.05, 4.69) is 15.6 Å². The van der Waals surface area contributed by atoms with Crippen LogP contribution in [0.1, 0.15) is 25.5 Å². The second-order valence-electron chi connectivity index (χ2n) is 8.04. The normalized spacial score (nSPS) is 23.2. The van der Waals surface area contributed by atoms with Gasteiger partial charge in [0, 0.05) is 50.0 Å². The molecule has 2 fully saturated rings. The van der Waals surface area contributed by atoms with Crippen LogP contribution >= 0.6 is 0 Å². The number of carbonyl (C=O) groups excluding carboxylic acids is 3. The molecule has 4 rings (SSSR count). The predicted octanol–water partition coefficient (Wildman–Crippen LogP) is 1.91. The number of amides is 4. The first-order chi connectivity index (χ1) is 15.3. The Balaban J connectivity index is 1.43. The molecule has 32 heavy (non-hydrogen) atoms. The Labute approximate surface area is 183 Å². The first-order valence-corrected chi connectivity index (χ1v) is 10.3. The fraction of sp³-hybridized carbons (Fsp3) is 0.364. The molecule has 2 N–H and O–H groups in total. The van der Waals surface area contributed by atoms with Crippen molar-refractivity contribution in [3.8, 4) is 0 Å². The summed E-state index contributed by atoms with van der Waals surface area (Å²) in [5.41, 5.74) is -0.607. The SMILES string of the molecule is C[C@H]1CN(C(=O)CCC2(c3ccccn3)NC(=O)NC2=O)CCN1c1cc(F)cc(F)c1. The average Bonchev–Trinajstić information content (AvgIpc) is 3.05. The molecular weight excluding hydrogens is 420 g/mol. The number of carbonyl (C=O) groups is 3. The highest BCUT2D eigenvalue weighted by Crippen LogP contribution is 2.29. The van der Waals surface area contributed by atoms with Gasteiger partial charge in [-0.15, -0.1) is 0 Å². The summed E-state index contributed by atoms with van der Waals surface area (Å²) in [6, 6.07) is 7.62. The fourth-order valence-corrected chi connectivity index (χ4v) is 4.32. The number of nitrogens with zero attached hydrogens (tertiary/aromatic N) is 3. The summed E-state index contributed by atoms with van der Waals surface area (Å²) < 4.78 is 27.2. The minimum atomic E-state index is -1.40. The zero-order valence-electron chi connectivity index (χ0n) is 17.5. The molecule has 0 saturated carbocycles. The van der Waals surface area contributed by atoms with Gasteiger partial charge in [-0.3, -0.25) is 19.9 Å². The summed E-state index contributed by atoms with van der Waals surface area (Å²) in [6.45, 7) is 3.03. The van der Waals surface area contributed by atoms with E-state index in [1.54, 1.807) is 23.1 Å². The Morgan fingerprint density at radius 1 is 1.19 bits per heavy atom. The van der Waals surface area contributed by atoms with Crippen LogP contribution in [0.15, 0.2) is 42.6 Å². The molecule has 2 aromatic rings. The topological polar surface area (TPSA) is 94.6 Å². The Morgan fingerprint density at radius 2 is 1.94 bits per heavy atom. The highest BCUT2D eigenvalue weighted by Gasteiger charge is 2.49. The molecule has 0 bridgehead atoms. The van der Waals surface area contributed by atoms with Gasteiger partial charge in [-0.2, -0.15) is 0 Å². The number of benzene rings is 1. The van der Waals surface area contributed by atoms with Crippen LogP contribution in [0.5, 0.6) is 0 Å². The Hall–Kier alpha value is -3.56. The van der Waals surface area contributed by atoms with Crippen molar-refractivity contribution >= 4 is 23.5 Å².